The van der Waals surface area contributed by atoms with Crippen molar-refractivity contribution in [3.63, 3.8) is 0 Å². The van der Waals surface area contributed by atoms with Gasteiger partial charge in [0.25, 0.3) is 0 Å². The van der Waals surface area contributed by atoms with Crippen LogP contribution in [-0.4, -0.2) is 12.9 Å². The third kappa shape index (κ3) is 2.12. The molecule has 4 heteroatoms. The number of anilines is 1. The summed E-state index contributed by atoms with van der Waals surface area (Å²) >= 11 is 0. The fraction of sp³-hybridized carbons (Fsp3) is 0.133. The number of ether oxygens (including phenoxy) is 1. The highest BCUT2D eigenvalue weighted by atomic mass is 16.5. The van der Waals surface area contributed by atoms with E-state index in [1.807, 2.05) is 48.5 Å². The SMILES string of the molecule is COc1ccc(C2N=C(N)c3ccccc3N2)cc1. The van der Waals surface area contributed by atoms with E-state index in [9.17, 15) is 0 Å². The van der Waals surface area contributed by atoms with Crippen molar-refractivity contribution in [3.8, 4) is 5.75 Å². The average molecular weight is 253 g/mol. The summed E-state index contributed by atoms with van der Waals surface area (Å²) in [6.45, 7) is 0. The molecule has 0 aliphatic carbocycles. The summed E-state index contributed by atoms with van der Waals surface area (Å²) in [6.07, 6.45) is -0.152. The molecule has 1 unspecified atom stereocenters. The molecule has 0 spiro atoms. The van der Waals surface area contributed by atoms with Crippen molar-refractivity contribution in [3.05, 3.63) is 59.7 Å². The van der Waals surface area contributed by atoms with Gasteiger partial charge in [0.15, 0.2) is 0 Å². The predicted molar refractivity (Wildman–Crippen MR) is 76.5 cm³/mol. The zero-order chi connectivity index (χ0) is 13.2. The van der Waals surface area contributed by atoms with Gasteiger partial charge in [0.2, 0.25) is 0 Å². The van der Waals surface area contributed by atoms with Crippen LogP contribution in [0.2, 0.25) is 0 Å². The molecule has 0 radical (unpaired) electrons. The van der Waals surface area contributed by atoms with Gasteiger partial charge in [-0.1, -0.05) is 24.3 Å². The number of hydrogen-bond acceptors (Lipinski definition) is 4. The summed E-state index contributed by atoms with van der Waals surface area (Å²) in [5.74, 6) is 1.40. The van der Waals surface area contributed by atoms with E-state index < -0.39 is 0 Å². The molecule has 1 aliphatic heterocycles. The maximum absolute atomic E-state index is 6.02. The van der Waals surface area contributed by atoms with E-state index in [0.717, 1.165) is 22.6 Å². The molecule has 1 heterocycles. The lowest BCUT2D eigenvalue weighted by molar-refractivity contribution is 0.414. The topological polar surface area (TPSA) is 59.6 Å². The van der Waals surface area contributed by atoms with Crippen LogP contribution in [0.1, 0.15) is 17.3 Å². The largest absolute Gasteiger partial charge is 0.497 e. The van der Waals surface area contributed by atoms with Crippen molar-refractivity contribution in [2.45, 2.75) is 6.17 Å². The summed E-state index contributed by atoms with van der Waals surface area (Å²) in [7, 11) is 1.65. The molecule has 96 valence electrons. The van der Waals surface area contributed by atoms with Crippen molar-refractivity contribution in [2.75, 3.05) is 12.4 Å². The standard InChI is InChI=1S/C15H15N3O/c1-19-11-8-6-10(7-9-11)15-17-13-5-3-2-4-12(13)14(16)18-15/h2-9,15,17H,1H3,(H2,16,18). The van der Waals surface area contributed by atoms with E-state index >= 15 is 0 Å². The Morgan fingerprint density at radius 2 is 1.84 bits per heavy atom. The molecule has 0 saturated carbocycles. The molecule has 0 aromatic heterocycles. The minimum Gasteiger partial charge on any atom is -0.497 e. The van der Waals surface area contributed by atoms with Crippen LogP contribution < -0.4 is 15.8 Å². The van der Waals surface area contributed by atoms with Gasteiger partial charge in [0, 0.05) is 11.3 Å². The van der Waals surface area contributed by atoms with Crippen molar-refractivity contribution in [1.29, 1.82) is 0 Å². The molecule has 0 amide bonds. The fourth-order valence-corrected chi connectivity index (χ4v) is 2.16. The molecule has 19 heavy (non-hydrogen) atoms. The Hall–Kier alpha value is -2.49. The highest BCUT2D eigenvalue weighted by Crippen LogP contribution is 2.29. The highest BCUT2D eigenvalue weighted by Gasteiger charge is 2.19. The average Bonchev–Trinajstić information content (AvgIpc) is 2.47. The minimum absolute atomic E-state index is 0.152. The summed E-state index contributed by atoms with van der Waals surface area (Å²) in [5, 5.41) is 3.37. The molecule has 4 nitrogen and oxygen atoms in total. The van der Waals surface area contributed by atoms with Gasteiger partial charge in [-0.05, 0) is 29.8 Å². The van der Waals surface area contributed by atoms with Crippen molar-refractivity contribution in [1.82, 2.24) is 0 Å². The van der Waals surface area contributed by atoms with Gasteiger partial charge < -0.3 is 15.8 Å². The predicted octanol–water partition coefficient (Wildman–Crippen LogP) is 2.52. The Balaban J connectivity index is 1.94. The van der Waals surface area contributed by atoms with E-state index in [2.05, 4.69) is 10.3 Å². The molecule has 0 bridgehead atoms. The van der Waals surface area contributed by atoms with Gasteiger partial charge in [-0.15, -0.1) is 0 Å². The lowest BCUT2D eigenvalue weighted by Crippen LogP contribution is -2.25. The number of nitrogens with zero attached hydrogens (tertiary/aromatic N) is 1. The molecule has 2 aromatic carbocycles. The first-order valence-corrected chi connectivity index (χ1v) is 6.11. The van der Waals surface area contributed by atoms with E-state index in [4.69, 9.17) is 10.5 Å². The van der Waals surface area contributed by atoms with Crippen LogP contribution in [0.15, 0.2) is 53.5 Å². The summed E-state index contributed by atoms with van der Waals surface area (Å²) in [5.41, 5.74) is 9.03. The molecule has 0 fully saturated rings. The number of rotatable bonds is 2. The Kier molecular flexibility index (Phi) is 2.83. The summed E-state index contributed by atoms with van der Waals surface area (Å²) in [6, 6.07) is 15.7. The number of nitrogens with one attached hydrogen (secondary N) is 1. The highest BCUT2D eigenvalue weighted by molar-refractivity contribution is 6.03. The van der Waals surface area contributed by atoms with E-state index in [0.29, 0.717) is 5.84 Å². The van der Waals surface area contributed by atoms with Gasteiger partial charge >= 0.3 is 0 Å². The van der Waals surface area contributed by atoms with Crippen molar-refractivity contribution >= 4 is 11.5 Å². The Morgan fingerprint density at radius 1 is 1.11 bits per heavy atom. The van der Waals surface area contributed by atoms with Crippen LogP contribution in [0.5, 0.6) is 5.75 Å². The zero-order valence-electron chi connectivity index (χ0n) is 10.6. The van der Waals surface area contributed by atoms with Gasteiger partial charge in [-0.3, -0.25) is 0 Å². The van der Waals surface area contributed by atoms with Gasteiger partial charge in [-0.2, -0.15) is 0 Å². The second-order valence-corrected chi connectivity index (χ2v) is 4.38. The van der Waals surface area contributed by atoms with Gasteiger partial charge in [-0.25, -0.2) is 4.99 Å². The Bertz CT molecular complexity index is 620. The first kappa shape index (κ1) is 11.6. The van der Waals surface area contributed by atoms with Crippen LogP contribution in [0.25, 0.3) is 0 Å². The van der Waals surface area contributed by atoms with Crippen molar-refractivity contribution < 1.29 is 4.74 Å². The molecule has 3 rings (SSSR count). The van der Waals surface area contributed by atoms with E-state index in [1.165, 1.54) is 0 Å². The summed E-state index contributed by atoms with van der Waals surface area (Å²) < 4.78 is 5.15. The van der Waals surface area contributed by atoms with E-state index in [1.54, 1.807) is 7.11 Å². The Labute approximate surface area is 111 Å². The van der Waals surface area contributed by atoms with Crippen LogP contribution in [0.3, 0.4) is 0 Å². The lowest BCUT2D eigenvalue weighted by Gasteiger charge is -2.24. The fourth-order valence-electron chi connectivity index (χ4n) is 2.16. The molecular formula is C15H15N3O. The lowest BCUT2D eigenvalue weighted by atomic mass is 10.1. The number of para-hydroxylation sites is 1. The molecule has 1 atom stereocenters. The number of aliphatic imine (C=N–C) groups is 1. The first-order valence-electron chi connectivity index (χ1n) is 6.11. The molecule has 2 aromatic rings. The third-order valence-corrected chi connectivity index (χ3v) is 3.19. The molecular weight excluding hydrogens is 238 g/mol. The van der Waals surface area contributed by atoms with Crippen LogP contribution in [0.4, 0.5) is 5.69 Å². The van der Waals surface area contributed by atoms with Crippen LogP contribution in [0, 0.1) is 0 Å². The maximum atomic E-state index is 6.02. The van der Waals surface area contributed by atoms with Crippen molar-refractivity contribution in [2.24, 2.45) is 10.7 Å². The van der Waals surface area contributed by atoms with Crippen LogP contribution in [-0.2, 0) is 0 Å². The third-order valence-electron chi connectivity index (χ3n) is 3.19. The normalized spacial score (nSPS) is 17.1. The maximum Gasteiger partial charge on any atom is 0.147 e. The Morgan fingerprint density at radius 3 is 2.58 bits per heavy atom. The smallest absolute Gasteiger partial charge is 0.147 e. The van der Waals surface area contributed by atoms with Crippen LogP contribution >= 0.6 is 0 Å². The minimum atomic E-state index is -0.152. The monoisotopic (exact) mass is 253 g/mol. The summed E-state index contributed by atoms with van der Waals surface area (Å²) in [4.78, 5) is 4.49. The second-order valence-electron chi connectivity index (χ2n) is 4.38. The number of nitrogens with two attached hydrogens (primary N) is 1. The quantitative estimate of drug-likeness (QED) is 0.864. The first-order chi connectivity index (χ1) is 9.28. The number of hydrogen-bond donors (Lipinski definition) is 2. The number of fused-ring (bicyclic) bond motifs is 1. The number of amidine groups is 1. The molecule has 3 N–H and O–H groups in total. The number of methoxy groups -OCH3 is 1. The molecule has 1 aliphatic rings. The van der Waals surface area contributed by atoms with E-state index in [-0.39, 0.29) is 6.17 Å². The van der Waals surface area contributed by atoms with Gasteiger partial charge in [0.1, 0.15) is 17.8 Å². The molecule has 0 saturated heterocycles. The second kappa shape index (κ2) is 4.65. The van der Waals surface area contributed by atoms with Gasteiger partial charge in [0.05, 0.1) is 7.11 Å². The zero-order valence-corrected chi connectivity index (χ0v) is 10.6. The number of benzene rings is 2.